The van der Waals surface area contributed by atoms with Gasteiger partial charge in [-0.3, -0.25) is 9.69 Å². The van der Waals surface area contributed by atoms with Crippen LogP contribution < -0.4 is 4.90 Å². The fourth-order valence-corrected chi connectivity index (χ4v) is 1.24. The molecule has 5 heteroatoms. The van der Waals surface area contributed by atoms with E-state index in [1.807, 2.05) is 22.6 Å². The van der Waals surface area contributed by atoms with Crippen molar-refractivity contribution in [2.24, 2.45) is 0 Å². The Balaban J connectivity index is 2.77. The van der Waals surface area contributed by atoms with E-state index in [-0.39, 0.29) is 5.91 Å². The number of aromatic nitrogens is 1. The molecule has 1 rings (SSSR count). The second-order valence-corrected chi connectivity index (χ2v) is 3.14. The van der Waals surface area contributed by atoms with Gasteiger partial charge in [-0.1, -0.05) is 27.7 Å². The maximum atomic E-state index is 11.2. The van der Waals surface area contributed by atoms with E-state index in [4.69, 9.17) is 4.52 Å². The summed E-state index contributed by atoms with van der Waals surface area (Å²) in [5.74, 6) is 1.29. The molecule has 0 aliphatic carbocycles. The number of nitrogens with zero attached hydrogens (tertiary/aromatic N) is 2. The summed E-state index contributed by atoms with van der Waals surface area (Å²) in [6, 6.07) is 1.73. The average molecular weight is 280 g/mol. The molecule has 1 amide bonds. The fourth-order valence-electron chi connectivity index (χ4n) is 0.729. The van der Waals surface area contributed by atoms with E-state index in [0.29, 0.717) is 16.0 Å². The number of anilines is 1. The van der Waals surface area contributed by atoms with Crippen LogP contribution in [0.5, 0.6) is 0 Å². The Kier molecular flexibility index (Phi) is 3.07. The zero-order valence-electron chi connectivity index (χ0n) is 6.87. The van der Waals surface area contributed by atoms with Gasteiger partial charge in [0.25, 0.3) is 0 Å². The van der Waals surface area contributed by atoms with Crippen LogP contribution in [0.2, 0.25) is 0 Å². The summed E-state index contributed by atoms with van der Waals surface area (Å²) < 4.78 is 5.28. The third-order valence-electron chi connectivity index (χ3n) is 1.45. The van der Waals surface area contributed by atoms with Crippen molar-refractivity contribution in [1.29, 1.82) is 0 Å². The van der Waals surface area contributed by atoms with E-state index in [1.54, 1.807) is 20.0 Å². The Labute approximate surface area is 84.0 Å². The lowest BCUT2D eigenvalue weighted by molar-refractivity contribution is -0.115. The van der Waals surface area contributed by atoms with Gasteiger partial charge in [0.1, 0.15) is 5.76 Å². The van der Waals surface area contributed by atoms with E-state index in [2.05, 4.69) is 5.16 Å². The van der Waals surface area contributed by atoms with Crippen molar-refractivity contribution in [2.75, 3.05) is 16.4 Å². The molecule has 4 nitrogen and oxygen atoms in total. The lowest BCUT2D eigenvalue weighted by Crippen LogP contribution is -2.27. The number of carbonyl (C=O) groups is 1. The Morgan fingerprint density at radius 2 is 2.50 bits per heavy atom. The van der Waals surface area contributed by atoms with Crippen LogP contribution in [-0.4, -0.2) is 22.5 Å². The zero-order valence-corrected chi connectivity index (χ0v) is 9.03. The molecule has 1 heterocycles. The minimum Gasteiger partial charge on any atom is -0.360 e. The van der Waals surface area contributed by atoms with Gasteiger partial charge in [-0.15, -0.1) is 0 Å². The molecule has 0 saturated carbocycles. The van der Waals surface area contributed by atoms with Crippen molar-refractivity contribution in [1.82, 2.24) is 5.16 Å². The first-order valence-electron chi connectivity index (χ1n) is 3.41. The minimum atomic E-state index is 0.0175. The molecule has 1 aromatic heterocycles. The summed E-state index contributed by atoms with van der Waals surface area (Å²) in [6.45, 7) is 1.79. The van der Waals surface area contributed by atoms with Gasteiger partial charge in [0, 0.05) is 13.1 Å². The van der Waals surface area contributed by atoms with Gasteiger partial charge in [-0.05, 0) is 6.92 Å². The summed E-state index contributed by atoms with van der Waals surface area (Å²) in [4.78, 5) is 12.6. The number of alkyl halides is 1. The van der Waals surface area contributed by atoms with Gasteiger partial charge in [0.2, 0.25) is 5.91 Å². The molecule has 0 radical (unpaired) electrons. The van der Waals surface area contributed by atoms with Crippen LogP contribution in [0.25, 0.3) is 0 Å². The van der Waals surface area contributed by atoms with Crippen LogP contribution in [0.15, 0.2) is 10.6 Å². The van der Waals surface area contributed by atoms with E-state index in [9.17, 15) is 4.79 Å². The van der Waals surface area contributed by atoms with Crippen molar-refractivity contribution in [3.05, 3.63) is 11.8 Å². The second-order valence-electron chi connectivity index (χ2n) is 2.38. The van der Waals surface area contributed by atoms with Gasteiger partial charge < -0.3 is 4.52 Å². The number of rotatable bonds is 2. The van der Waals surface area contributed by atoms with E-state index in [0.717, 1.165) is 0 Å². The number of carbonyl (C=O) groups excluding carboxylic acids is 1. The first-order chi connectivity index (χ1) is 5.65. The maximum absolute atomic E-state index is 11.2. The van der Waals surface area contributed by atoms with Crippen molar-refractivity contribution in [2.45, 2.75) is 6.92 Å². The van der Waals surface area contributed by atoms with Gasteiger partial charge in [0.15, 0.2) is 5.82 Å². The molecule has 1 aromatic rings. The highest BCUT2D eigenvalue weighted by molar-refractivity contribution is 14.1. The molecule has 0 aromatic carbocycles. The van der Waals surface area contributed by atoms with Crippen LogP contribution in [0, 0.1) is 6.92 Å². The molecule has 0 fully saturated rings. The number of aryl methyl sites for hydroxylation is 1. The van der Waals surface area contributed by atoms with Gasteiger partial charge in [-0.25, -0.2) is 0 Å². The molecule has 0 bridgehead atoms. The number of amides is 1. The second kappa shape index (κ2) is 3.88. The molecular weight excluding hydrogens is 271 g/mol. The Bertz CT molecular complexity index is 285. The average Bonchev–Trinajstić information content (AvgIpc) is 2.49. The number of hydrogen-bond acceptors (Lipinski definition) is 3. The highest BCUT2D eigenvalue weighted by Gasteiger charge is 2.12. The van der Waals surface area contributed by atoms with Crippen LogP contribution in [0.3, 0.4) is 0 Å². The largest absolute Gasteiger partial charge is 0.360 e. The normalized spacial score (nSPS) is 9.92. The Morgan fingerprint density at radius 1 is 1.83 bits per heavy atom. The number of hydrogen-bond donors (Lipinski definition) is 0. The van der Waals surface area contributed by atoms with Crippen LogP contribution >= 0.6 is 22.6 Å². The third-order valence-corrected chi connectivity index (χ3v) is 2.10. The maximum Gasteiger partial charge on any atom is 0.237 e. The molecule has 0 spiro atoms. The van der Waals surface area contributed by atoms with Crippen LogP contribution in [0.4, 0.5) is 5.82 Å². The standard InChI is InChI=1S/C7H9IN2O2/c1-5-3-6(9-12-5)10(2)7(11)4-8/h3H,4H2,1-2H3. The first kappa shape index (κ1) is 9.50. The Hall–Kier alpha value is -0.590. The molecule has 66 valence electrons. The quantitative estimate of drug-likeness (QED) is 0.607. The summed E-state index contributed by atoms with van der Waals surface area (Å²) in [7, 11) is 1.68. The first-order valence-corrected chi connectivity index (χ1v) is 4.93. The van der Waals surface area contributed by atoms with Gasteiger partial charge in [0.05, 0.1) is 4.43 Å². The van der Waals surface area contributed by atoms with E-state index in [1.165, 1.54) is 4.90 Å². The molecular formula is C7H9IN2O2. The molecule has 0 N–H and O–H groups in total. The summed E-state index contributed by atoms with van der Waals surface area (Å²) >= 11 is 2.01. The van der Waals surface area contributed by atoms with E-state index >= 15 is 0 Å². The molecule has 12 heavy (non-hydrogen) atoms. The van der Waals surface area contributed by atoms with Gasteiger partial charge >= 0.3 is 0 Å². The highest BCUT2D eigenvalue weighted by Crippen LogP contribution is 2.12. The lowest BCUT2D eigenvalue weighted by atomic mass is 10.4. The molecule has 0 aliphatic rings. The monoisotopic (exact) mass is 280 g/mol. The Morgan fingerprint density at radius 3 is 2.92 bits per heavy atom. The predicted molar refractivity (Wildman–Crippen MR) is 53.5 cm³/mol. The molecule has 0 unspecified atom stereocenters. The van der Waals surface area contributed by atoms with Gasteiger partial charge in [-0.2, -0.15) is 0 Å². The van der Waals surface area contributed by atoms with Crippen molar-refractivity contribution in [3.8, 4) is 0 Å². The van der Waals surface area contributed by atoms with Crippen molar-refractivity contribution >= 4 is 34.3 Å². The summed E-state index contributed by atoms with van der Waals surface area (Å²) in [6.07, 6.45) is 0. The summed E-state index contributed by atoms with van der Waals surface area (Å²) in [5, 5.41) is 3.71. The predicted octanol–water partition coefficient (Wildman–Crippen LogP) is 1.38. The zero-order chi connectivity index (χ0) is 9.14. The molecule has 0 saturated heterocycles. The topological polar surface area (TPSA) is 46.3 Å². The number of halogens is 1. The smallest absolute Gasteiger partial charge is 0.237 e. The molecule has 0 atom stereocenters. The summed E-state index contributed by atoms with van der Waals surface area (Å²) in [5.41, 5.74) is 0. The van der Waals surface area contributed by atoms with Crippen LogP contribution in [-0.2, 0) is 4.79 Å². The SMILES string of the molecule is Cc1cc(N(C)C(=O)CI)no1. The van der Waals surface area contributed by atoms with Crippen LogP contribution in [0.1, 0.15) is 5.76 Å². The van der Waals surface area contributed by atoms with E-state index < -0.39 is 0 Å². The molecule has 0 aliphatic heterocycles. The fraction of sp³-hybridized carbons (Fsp3) is 0.429. The lowest BCUT2D eigenvalue weighted by Gasteiger charge is -2.10. The third kappa shape index (κ3) is 1.96. The highest BCUT2D eigenvalue weighted by atomic mass is 127. The van der Waals surface area contributed by atoms with Crippen molar-refractivity contribution < 1.29 is 9.32 Å². The van der Waals surface area contributed by atoms with Crippen molar-refractivity contribution in [3.63, 3.8) is 0 Å². The minimum absolute atomic E-state index is 0.0175.